The van der Waals surface area contributed by atoms with Crippen LogP contribution in [0.25, 0.3) is 0 Å². The highest BCUT2D eigenvalue weighted by molar-refractivity contribution is 7.89. The Morgan fingerprint density at radius 2 is 1.86 bits per heavy atom. The van der Waals surface area contributed by atoms with Gasteiger partial charge in [-0.25, -0.2) is 8.42 Å². The first-order chi connectivity index (χ1) is 14.0. The van der Waals surface area contributed by atoms with Crippen LogP contribution in [0.1, 0.15) is 58.5 Å². The summed E-state index contributed by atoms with van der Waals surface area (Å²) < 4.78 is 27.3. The molecule has 6 nitrogen and oxygen atoms in total. The van der Waals surface area contributed by atoms with E-state index >= 15 is 0 Å². The lowest BCUT2D eigenvalue weighted by molar-refractivity contribution is 0.102. The molecule has 152 valence electrons. The number of nitrogens with one attached hydrogen (secondary N) is 1. The Balaban J connectivity index is 1.58. The Morgan fingerprint density at radius 1 is 1.10 bits per heavy atom. The van der Waals surface area contributed by atoms with Gasteiger partial charge in [-0.2, -0.15) is 9.57 Å². The highest BCUT2D eigenvalue weighted by atomic mass is 32.2. The predicted octanol–water partition coefficient (Wildman–Crippen LogP) is 3.93. The Labute approximate surface area is 175 Å². The molecule has 0 spiro atoms. The van der Waals surface area contributed by atoms with Gasteiger partial charge in [0.15, 0.2) is 0 Å². The fraction of sp³-hybridized carbons (Fsp3) is 0.429. The topological polar surface area (TPSA) is 90.3 Å². The molecular formula is C21H23N3O3S2. The molecule has 0 atom stereocenters. The van der Waals surface area contributed by atoms with Crippen LogP contribution in [-0.4, -0.2) is 31.7 Å². The Kier molecular flexibility index (Phi) is 5.72. The standard InChI is InChI=1S/C21H23N3O3S2/c22-14-18-17-9-2-3-10-19(17)28-21(18)23-20(25)15-7-6-8-16(13-15)29(26,27)24-11-4-1-5-12-24/h6-8,13H,1-5,9-12H2,(H,23,25). The lowest BCUT2D eigenvalue weighted by atomic mass is 9.96. The number of amides is 1. The van der Waals surface area contributed by atoms with Gasteiger partial charge in [0.05, 0.1) is 10.5 Å². The van der Waals surface area contributed by atoms with Crippen molar-refractivity contribution >= 4 is 32.3 Å². The van der Waals surface area contributed by atoms with Crippen LogP contribution < -0.4 is 5.32 Å². The number of hydrogen-bond acceptors (Lipinski definition) is 5. The molecular weight excluding hydrogens is 406 g/mol. The van der Waals surface area contributed by atoms with Crippen LogP contribution >= 0.6 is 11.3 Å². The van der Waals surface area contributed by atoms with Crippen molar-refractivity contribution in [1.82, 2.24) is 4.31 Å². The molecule has 2 aromatic rings. The number of carbonyl (C=O) groups excluding carboxylic acids is 1. The minimum atomic E-state index is -3.60. The molecule has 0 bridgehead atoms. The Bertz CT molecular complexity index is 1080. The molecule has 0 radical (unpaired) electrons. The van der Waals surface area contributed by atoms with E-state index in [1.54, 1.807) is 12.1 Å². The molecule has 1 N–H and O–H groups in total. The van der Waals surface area contributed by atoms with E-state index in [1.165, 1.54) is 32.7 Å². The van der Waals surface area contributed by atoms with Gasteiger partial charge in [-0.05, 0) is 62.3 Å². The maximum atomic E-state index is 12.9. The molecule has 0 unspecified atom stereocenters. The number of nitrogens with zero attached hydrogens (tertiary/aromatic N) is 2. The third kappa shape index (κ3) is 3.95. The zero-order valence-electron chi connectivity index (χ0n) is 16.1. The number of benzene rings is 1. The quantitative estimate of drug-likeness (QED) is 0.797. The van der Waals surface area contributed by atoms with E-state index in [1.807, 2.05) is 0 Å². The average molecular weight is 430 g/mol. The highest BCUT2D eigenvalue weighted by Gasteiger charge is 2.27. The number of anilines is 1. The number of nitriles is 1. The van der Waals surface area contributed by atoms with E-state index in [4.69, 9.17) is 0 Å². The molecule has 1 aromatic carbocycles. The molecule has 4 rings (SSSR count). The van der Waals surface area contributed by atoms with Gasteiger partial charge in [-0.3, -0.25) is 4.79 Å². The second-order valence-corrected chi connectivity index (χ2v) is 10.5. The number of aryl methyl sites for hydroxylation is 1. The van der Waals surface area contributed by atoms with Gasteiger partial charge < -0.3 is 5.32 Å². The second-order valence-electron chi connectivity index (χ2n) is 7.47. The minimum absolute atomic E-state index is 0.137. The summed E-state index contributed by atoms with van der Waals surface area (Å²) in [7, 11) is -3.60. The number of hydrogen-bond donors (Lipinski definition) is 1. The molecule has 1 aromatic heterocycles. The van der Waals surface area contributed by atoms with Gasteiger partial charge in [0.25, 0.3) is 5.91 Å². The van der Waals surface area contributed by atoms with Gasteiger partial charge in [0.1, 0.15) is 11.1 Å². The molecule has 0 saturated carbocycles. The lowest BCUT2D eigenvalue weighted by Gasteiger charge is -2.26. The lowest BCUT2D eigenvalue weighted by Crippen LogP contribution is -2.35. The molecule has 1 amide bonds. The van der Waals surface area contributed by atoms with Crippen molar-refractivity contribution in [2.24, 2.45) is 0 Å². The minimum Gasteiger partial charge on any atom is -0.312 e. The zero-order chi connectivity index (χ0) is 20.4. The van der Waals surface area contributed by atoms with Crippen LogP contribution in [0.4, 0.5) is 5.00 Å². The SMILES string of the molecule is N#Cc1c(NC(=O)c2cccc(S(=O)(=O)N3CCCCC3)c2)sc2c1CCCC2. The predicted molar refractivity (Wildman–Crippen MR) is 113 cm³/mol. The molecule has 2 aliphatic rings. The molecule has 1 aliphatic heterocycles. The number of piperidine rings is 1. The third-order valence-corrected chi connectivity index (χ3v) is 8.66. The van der Waals surface area contributed by atoms with Crippen molar-refractivity contribution in [3.8, 4) is 6.07 Å². The number of rotatable bonds is 4. The van der Waals surface area contributed by atoms with Crippen LogP contribution in [0.3, 0.4) is 0 Å². The monoisotopic (exact) mass is 429 g/mol. The van der Waals surface area contributed by atoms with Crippen molar-refractivity contribution < 1.29 is 13.2 Å². The summed E-state index contributed by atoms with van der Waals surface area (Å²) in [5.74, 6) is -0.393. The summed E-state index contributed by atoms with van der Waals surface area (Å²) in [6, 6.07) is 8.39. The Hall–Kier alpha value is -2.21. The molecule has 2 heterocycles. The first-order valence-electron chi connectivity index (χ1n) is 9.97. The van der Waals surface area contributed by atoms with Crippen LogP contribution in [-0.2, 0) is 22.9 Å². The fourth-order valence-electron chi connectivity index (χ4n) is 4.00. The first kappa shape index (κ1) is 20.1. The van der Waals surface area contributed by atoms with E-state index < -0.39 is 15.9 Å². The molecule has 1 fully saturated rings. The fourth-order valence-corrected chi connectivity index (χ4v) is 6.80. The van der Waals surface area contributed by atoms with Crippen molar-refractivity contribution in [2.75, 3.05) is 18.4 Å². The molecule has 29 heavy (non-hydrogen) atoms. The van der Waals surface area contributed by atoms with Gasteiger partial charge in [-0.1, -0.05) is 12.5 Å². The maximum absolute atomic E-state index is 12.9. The third-order valence-electron chi connectivity index (χ3n) is 5.56. The smallest absolute Gasteiger partial charge is 0.256 e. The van der Waals surface area contributed by atoms with Gasteiger partial charge in [0.2, 0.25) is 10.0 Å². The van der Waals surface area contributed by atoms with E-state index in [0.717, 1.165) is 50.5 Å². The van der Waals surface area contributed by atoms with Gasteiger partial charge >= 0.3 is 0 Å². The first-order valence-corrected chi connectivity index (χ1v) is 12.2. The van der Waals surface area contributed by atoms with Crippen LogP contribution in [0.2, 0.25) is 0 Å². The van der Waals surface area contributed by atoms with Crippen LogP contribution in [0.15, 0.2) is 29.2 Å². The Morgan fingerprint density at radius 3 is 2.62 bits per heavy atom. The number of thiophene rings is 1. The number of sulfonamides is 1. The largest absolute Gasteiger partial charge is 0.312 e. The van der Waals surface area contributed by atoms with E-state index in [-0.39, 0.29) is 10.5 Å². The van der Waals surface area contributed by atoms with Crippen LogP contribution in [0, 0.1) is 11.3 Å². The normalized spacial score (nSPS) is 17.3. The van der Waals surface area contributed by atoms with Crippen molar-refractivity contribution in [2.45, 2.75) is 49.8 Å². The molecule has 1 aliphatic carbocycles. The zero-order valence-corrected chi connectivity index (χ0v) is 17.7. The van der Waals surface area contributed by atoms with Crippen LogP contribution in [0.5, 0.6) is 0 Å². The van der Waals surface area contributed by atoms with E-state index in [0.29, 0.717) is 23.7 Å². The summed E-state index contributed by atoms with van der Waals surface area (Å²) in [5.41, 5.74) is 1.88. The number of fused-ring (bicyclic) bond motifs is 1. The summed E-state index contributed by atoms with van der Waals surface area (Å²) in [6.07, 6.45) is 6.73. The maximum Gasteiger partial charge on any atom is 0.256 e. The summed E-state index contributed by atoms with van der Waals surface area (Å²) >= 11 is 1.46. The van der Waals surface area contributed by atoms with Crippen molar-refractivity contribution in [3.05, 3.63) is 45.8 Å². The molecule has 1 saturated heterocycles. The summed E-state index contributed by atoms with van der Waals surface area (Å²) in [6.45, 7) is 1.04. The number of carbonyl (C=O) groups is 1. The molecule has 8 heteroatoms. The highest BCUT2D eigenvalue weighted by Crippen LogP contribution is 2.37. The second kappa shape index (κ2) is 8.27. The van der Waals surface area contributed by atoms with E-state index in [2.05, 4.69) is 11.4 Å². The van der Waals surface area contributed by atoms with Crippen molar-refractivity contribution in [1.29, 1.82) is 5.26 Å². The average Bonchev–Trinajstić information content (AvgIpc) is 3.11. The van der Waals surface area contributed by atoms with E-state index in [9.17, 15) is 18.5 Å². The van der Waals surface area contributed by atoms with Crippen molar-refractivity contribution in [3.63, 3.8) is 0 Å². The summed E-state index contributed by atoms with van der Waals surface area (Å²) in [4.78, 5) is 14.1. The van der Waals surface area contributed by atoms with Gasteiger partial charge in [-0.15, -0.1) is 11.3 Å². The van der Waals surface area contributed by atoms with Gasteiger partial charge in [0, 0.05) is 23.5 Å². The summed E-state index contributed by atoms with van der Waals surface area (Å²) in [5, 5.41) is 13.0.